The summed E-state index contributed by atoms with van der Waals surface area (Å²) in [4.78, 5) is 16.0. The van der Waals surface area contributed by atoms with Gasteiger partial charge in [0.2, 0.25) is 6.23 Å². The number of benzene rings is 4. The summed E-state index contributed by atoms with van der Waals surface area (Å²) in [6.45, 7) is 0. The van der Waals surface area contributed by atoms with Gasteiger partial charge in [0.1, 0.15) is 11.5 Å². The van der Waals surface area contributed by atoms with E-state index in [4.69, 9.17) is 9.47 Å². The Morgan fingerprint density at radius 1 is 0.765 bits per heavy atom. The molecule has 4 nitrogen and oxygen atoms in total. The predicted octanol–water partition coefficient (Wildman–Crippen LogP) is 7.09. The quantitative estimate of drug-likeness (QED) is 0.287. The Labute approximate surface area is 207 Å². The molecule has 1 heterocycles. The molecule has 4 aromatic carbocycles. The first-order valence-corrected chi connectivity index (χ1v) is 11.7. The molecule has 1 atom stereocenters. The molecule has 5 rings (SSSR count). The summed E-state index contributed by atoms with van der Waals surface area (Å²) in [7, 11) is 1.62. The third-order valence-electron chi connectivity index (χ3n) is 5.73. The zero-order chi connectivity index (χ0) is 23.5. The van der Waals surface area contributed by atoms with Crippen molar-refractivity contribution in [2.45, 2.75) is 6.23 Å². The molecule has 5 heteroatoms. The highest BCUT2D eigenvalue weighted by Gasteiger charge is 2.39. The minimum Gasteiger partial charge on any atom is -0.497 e. The first kappa shape index (κ1) is 22.0. The Kier molecular flexibility index (Phi) is 6.19. The minimum atomic E-state index is -0.642. The van der Waals surface area contributed by atoms with Crippen LogP contribution < -0.4 is 9.64 Å². The maximum Gasteiger partial charge on any atom is 0.265 e. The van der Waals surface area contributed by atoms with Crippen molar-refractivity contribution < 1.29 is 14.3 Å². The summed E-state index contributed by atoms with van der Waals surface area (Å²) < 4.78 is 13.0. The number of halogens is 1. The molecule has 168 valence electrons. The highest BCUT2D eigenvalue weighted by atomic mass is 79.9. The van der Waals surface area contributed by atoms with E-state index >= 15 is 0 Å². The molecule has 0 saturated heterocycles. The zero-order valence-corrected chi connectivity index (χ0v) is 20.1. The lowest BCUT2D eigenvalue weighted by Crippen LogP contribution is -2.40. The normalized spacial score (nSPS) is 15.8. The van der Waals surface area contributed by atoms with Gasteiger partial charge in [-0.15, -0.1) is 0 Å². The lowest BCUT2D eigenvalue weighted by atomic mass is 9.96. The third kappa shape index (κ3) is 4.22. The van der Waals surface area contributed by atoms with Gasteiger partial charge in [-0.1, -0.05) is 88.7 Å². The van der Waals surface area contributed by atoms with Gasteiger partial charge in [0, 0.05) is 21.3 Å². The summed E-state index contributed by atoms with van der Waals surface area (Å²) in [5.41, 5.74) is 3.77. The number of hydrogen-bond donors (Lipinski definition) is 0. The largest absolute Gasteiger partial charge is 0.497 e. The number of methoxy groups -OCH3 is 1. The van der Waals surface area contributed by atoms with Gasteiger partial charge in [-0.3, -0.25) is 9.69 Å². The second kappa shape index (κ2) is 9.57. The van der Waals surface area contributed by atoms with E-state index in [9.17, 15) is 4.79 Å². The third-order valence-corrected chi connectivity index (χ3v) is 6.26. The lowest BCUT2D eigenvalue weighted by molar-refractivity contribution is -0.116. The van der Waals surface area contributed by atoms with Gasteiger partial charge in [0.05, 0.1) is 12.7 Å². The molecule has 0 N–H and O–H groups in total. The summed E-state index contributed by atoms with van der Waals surface area (Å²) in [5.74, 6) is 1.15. The smallest absolute Gasteiger partial charge is 0.265 e. The van der Waals surface area contributed by atoms with E-state index in [1.54, 1.807) is 12.0 Å². The monoisotopic (exact) mass is 511 g/mol. The van der Waals surface area contributed by atoms with Crippen molar-refractivity contribution in [1.82, 2.24) is 0 Å². The molecule has 0 aromatic heterocycles. The number of amides is 1. The number of nitrogens with zero attached hydrogens (tertiary/aromatic N) is 1. The van der Waals surface area contributed by atoms with Crippen LogP contribution in [-0.4, -0.2) is 13.0 Å². The maximum atomic E-state index is 14.3. The summed E-state index contributed by atoms with van der Waals surface area (Å²) in [5, 5.41) is 0. The Balaban J connectivity index is 1.73. The van der Waals surface area contributed by atoms with E-state index in [0.29, 0.717) is 11.3 Å². The molecule has 0 aliphatic carbocycles. The molecule has 1 aliphatic heterocycles. The molecular weight excluding hydrogens is 490 g/mol. The molecule has 0 fully saturated rings. The Hall–Kier alpha value is -3.83. The van der Waals surface area contributed by atoms with Crippen molar-refractivity contribution in [3.05, 3.63) is 130 Å². The number of carbonyl (C=O) groups is 1. The van der Waals surface area contributed by atoms with Crippen LogP contribution in [0.15, 0.2) is 114 Å². The van der Waals surface area contributed by atoms with Gasteiger partial charge >= 0.3 is 0 Å². The lowest BCUT2D eigenvalue weighted by Gasteiger charge is -2.38. The highest BCUT2D eigenvalue weighted by molar-refractivity contribution is 9.10. The second-order valence-corrected chi connectivity index (χ2v) is 8.75. The maximum absolute atomic E-state index is 14.3. The van der Waals surface area contributed by atoms with E-state index in [2.05, 4.69) is 15.9 Å². The fraction of sp³-hybridized carbons (Fsp3) is 0.0690. The van der Waals surface area contributed by atoms with E-state index in [1.807, 2.05) is 109 Å². The van der Waals surface area contributed by atoms with Crippen LogP contribution in [0.2, 0.25) is 0 Å². The number of ether oxygens (including phenoxy) is 2. The van der Waals surface area contributed by atoms with Crippen molar-refractivity contribution in [3.63, 3.8) is 0 Å². The van der Waals surface area contributed by atoms with E-state index in [1.165, 1.54) is 0 Å². The van der Waals surface area contributed by atoms with Crippen LogP contribution in [-0.2, 0) is 9.53 Å². The fourth-order valence-electron chi connectivity index (χ4n) is 4.05. The SMILES string of the molecule is COc1ccc(N2C(=O)C(c3ccccc3)=C(c3ccccc3)OC2c2ccc(Br)cc2)cc1. The van der Waals surface area contributed by atoms with Crippen LogP contribution in [0.3, 0.4) is 0 Å². The fourth-order valence-corrected chi connectivity index (χ4v) is 4.31. The van der Waals surface area contributed by atoms with Crippen LogP contribution in [0.1, 0.15) is 22.9 Å². The molecule has 0 radical (unpaired) electrons. The van der Waals surface area contributed by atoms with E-state index in [0.717, 1.165) is 32.6 Å². The molecule has 1 unspecified atom stereocenters. The van der Waals surface area contributed by atoms with Crippen molar-refractivity contribution in [2.24, 2.45) is 0 Å². The summed E-state index contributed by atoms with van der Waals surface area (Å²) in [6.07, 6.45) is -0.642. The Morgan fingerprint density at radius 2 is 1.35 bits per heavy atom. The van der Waals surface area contributed by atoms with Crippen LogP contribution in [0.5, 0.6) is 5.75 Å². The second-order valence-electron chi connectivity index (χ2n) is 7.83. The van der Waals surface area contributed by atoms with Crippen molar-refractivity contribution in [1.29, 1.82) is 0 Å². The Bertz CT molecular complexity index is 1320. The number of anilines is 1. The molecule has 0 saturated carbocycles. The van der Waals surface area contributed by atoms with E-state index in [-0.39, 0.29) is 5.91 Å². The van der Waals surface area contributed by atoms with Crippen LogP contribution in [0, 0.1) is 0 Å². The first-order valence-electron chi connectivity index (χ1n) is 10.9. The average molecular weight is 512 g/mol. The molecule has 34 heavy (non-hydrogen) atoms. The molecule has 0 spiro atoms. The highest BCUT2D eigenvalue weighted by Crippen LogP contribution is 2.43. The van der Waals surface area contributed by atoms with Gasteiger partial charge in [-0.25, -0.2) is 0 Å². The molecular formula is C29H22BrNO3. The van der Waals surface area contributed by atoms with Gasteiger partial charge < -0.3 is 9.47 Å². The minimum absolute atomic E-state index is 0.130. The van der Waals surface area contributed by atoms with Crippen molar-refractivity contribution in [2.75, 3.05) is 12.0 Å². The standard InChI is InChI=1S/C29H22BrNO3/c1-33-25-18-16-24(17-19-25)31-28(32)26(20-8-4-2-5-9-20)27(21-10-6-3-7-11-21)34-29(31)22-12-14-23(30)15-13-22/h2-19,29H,1H3. The number of rotatable bonds is 5. The average Bonchev–Trinajstić information content (AvgIpc) is 2.90. The molecule has 4 aromatic rings. The van der Waals surface area contributed by atoms with Gasteiger partial charge in [-0.05, 0) is 42.0 Å². The van der Waals surface area contributed by atoms with Gasteiger partial charge in [0.15, 0.2) is 0 Å². The van der Waals surface area contributed by atoms with Crippen molar-refractivity contribution in [3.8, 4) is 5.75 Å². The Morgan fingerprint density at radius 3 is 1.94 bits per heavy atom. The van der Waals surface area contributed by atoms with Gasteiger partial charge in [0.25, 0.3) is 5.91 Å². The summed E-state index contributed by atoms with van der Waals surface area (Å²) in [6, 6.07) is 34.7. The van der Waals surface area contributed by atoms with Crippen LogP contribution >= 0.6 is 15.9 Å². The molecule has 0 bridgehead atoms. The number of carbonyl (C=O) groups excluding carboxylic acids is 1. The number of hydrogen-bond acceptors (Lipinski definition) is 3. The topological polar surface area (TPSA) is 38.8 Å². The predicted molar refractivity (Wildman–Crippen MR) is 138 cm³/mol. The van der Waals surface area contributed by atoms with Crippen molar-refractivity contribution >= 4 is 38.9 Å². The van der Waals surface area contributed by atoms with Crippen LogP contribution in [0.4, 0.5) is 5.69 Å². The molecule has 1 amide bonds. The van der Waals surface area contributed by atoms with Crippen LogP contribution in [0.25, 0.3) is 11.3 Å². The van der Waals surface area contributed by atoms with E-state index < -0.39 is 6.23 Å². The van der Waals surface area contributed by atoms with Gasteiger partial charge in [-0.2, -0.15) is 0 Å². The first-order chi connectivity index (χ1) is 16.7. The molecule has 1 aliphatic rings. The zero-order valence-electron chi connectivity index (χ0n) is 18.5. The summed E-state index contributed by atoms with van der Waals surface area (Å²) >= 11 is 3.50.